The van der Waals surface area contributed by atoms with Gasteiger partial charge >= 0.3 is 0 Å². The van der Waals surface area contributed by atoms with Gasteiger partial charge in [-0.3, -0.25) is 0 Å². The zero-order chi connectivity index (χ0) is 10.1. The van der Waals surface area contributed by atoms with Gasteiger partial charge in [0.2, 0.25) is 5.90 Å². The zero-order valence-corrected chi connectivity index (χ0v) is 8.73. The fourth-order valence-corrected chi connectivity index (χ4v) is 2.41. The molecule has 78 valence electrons. The second-order valence-electron chi connectivity index (χ2n) is 4.31. The number of benzene rings is 1. The topological polar surface area (TPSA) is 21.6 Å². The first kappa shape index (κ1) is 8.96. The van der Waals surface area contributed by atoms with Crippen molar-refractivity contribution < 1.29 is 4.74 Å². The maximum absolute atomic E-state index is 5.90. The van der Waals surface area contributed by atoms with Gasteiger partial charge < -0.3 is 4.74 Å². The molecular weight excluding hydrogens is 186 g/mol. The van der Waals surface area contributed by atoms with Crippen molar-refractivity contribution in [2.45, 2.75) is 37.8 Å². The van der Waals surface area contributed by atoms with E-state index in [1.165, 1.54) is 25.7 Å². The van der Waals surface area contributed by atoms with Gasteiger partial charge in [0.05, 0.1) is 6.04 Å². The van der Waals surface area contributed by atoms with Crippen LogP contribution in [0.1, 0.15) is 31.2 Å². The summed E-state index contributed by atoms with van der Waals surface area (Å²) in [5, 5.41) is 0. The summed E-state index contributed by atoms with van der Waals surface area (Å²) >= 11 is 0. The second kappa shape index (κ2) is 3.69. The summed E-state index contributed by atoms with van der Waals surface area (Å²) in [6, 6.07) is 10.6. The average molecular weight is 201 g/mol. The first-order valence-corrected chi connectivity index (χ1v) is 5.73. The van der Waals surface area contributed by atoms with E-state index in [0.29, 0.717) is 12.1 Å². The Morgan fingerprint density at radius 2 is 1.87 bits per heavy atom. The predicted molar refractivity (Wildman–Crippen MR) is 60.1 cm³/mol. The van der Waals surface area contributed by atoms with Crippen molar-refractivity contribution in [2.75, 3.05) is 0 Å². The van der Waals surface area contributed by atoms with E-state index in [0.717, 1.165) is 11.5 Å². The minimum Gasteiger partial charge on any atom is -0.472 e. The van der Waals surface area contributed by atoms with Crippen LogP contribution in [-0.2, 0) is 4.74 Å². The number of nitrogens with zero attached hydrogens (tertiary/aromatic N) is 1. The molecule has 1 aliphatic heterocycles. The number of fused-ring (bicyclic) bond motifs is 1. The standard InChI is InChI=1S/C13H15NO/c1-2-6-10(7-3-1)13-14-11-8-4-5-9-12(11)15-13/h1-3,6-7,11-12H,4-5,8-9H2/t11?,12-/m1/s1. The van der Waals surface area contributed by atoms with Crippen LogP contribution >= 0.6 is 0 Å². The third-order valence-corrected chi connectivity index (χ3v) is 3.23. The van der Waals surface area contributed by atoms with Gasteiger partial charge in [0.15, 0.2) is 0 Å². The SMILES string of the molecule is c1ccc(C2=NC3CCCC[C@H]3O2)cc1. The summed E-state index contributed by atoms with van der Waals surface area (Å²) < 4.78 is 5.90. The lowest BCUT2D eigenvalue weighted by molar-refractivity contribution is 0.153. The van der Waals surface area contributed by atoms with Crippen LogP contribution in [0.25, 0.3) is 0 Å². The van der Waals surface area contributed by atoms with Crippen molar-refractivity contribution in [1.29, 1.82) is 0 Å². The van der Waals surface area contributed by atoms with Gasteiger partial charge in [0.25, 0.3) is 0 Å². The fraction of sp³-hybridized carbons (Fsp3) is 0.462. The van der Waals surface area contributed by atoms with Gasteiger partial charge in [0.1, 0.15) is 6.10 Å². The van der Waals surface area contributed by atoms with E-state index in [1.807, 2.05) is 18.2 Å². The third-order valence-electron chi connectivity index (χ3n) is 3.23. The van der Waals surface area contributed by atoms with Crippen molar-refractivity contribution in [3.8, 4) is 0 Å². The van der Waals surface area contributed by atoms with Gasteiger partial charge in [-0.05, 0) is 31.4 Å². The lowest BCUT2D eigenvalue weighted by Gasteiger charge is -2.21. The Morgan fingerprint density at radius 3 is 2.67 bits per heavy atom. The maximum Gasteiger partial charge on any atom is 0.216 e. The molecule has 1 saturated carbocycles. The van der Waals surface area contributed by atoms with Gasteiger partial charge in [-0.2, -0.15) is 0 Å². The van der Waals surface area contributed by atoms with Gasteiger partial charge in [0, 0.05) is 5.56 Å². The molecular formula is C13H15NO. The average Bonchev–Trinajstić information content (AvgIpc) is 2.74. The quantitative estimate of drug-likeness (QED) is 0.684. The smallest absolute Gasteiger partial charge is 0.216 e. The molecule has 1 heterocycles. The highest BCUT2D eigenvalue weighted by atomic mass is 16.5. The highest BCUT2D eigenvalue weighted by molar-refractivity contribution is 5.95. The summed E-state index contributed by atoms with van der Waals surface area (Å²) in [4.78, 5) is 4.67. The Labute approximate surface area is 90.0 Å². The molecule has 1 aromatic carbocycles. The Morgan fingerprint density at radius 1 is 1.07 bits per heavy atom. The molecule has 2 aliphatic rings. The van der Waals surface area contributed by atoms with Gasteiger partial charge in [-0.1, -0.05) is 24.6 Å². The van der Waals surface area contributed by atoms with Crippen molar-refractivity contribution in [2.24, 2.45) is 4.99 Å². The fourth-order valence-electron chi connectivity index (χ4n) is 2.41. The van der Waals surface area contributed by atoms with E-state index in [-0.39, 0.29) is 0 Å². The maximum atomic E-state index is 5.90. The Kier molecular flexibility index (Phi) is 2.20. The molecule has 15 heavy (non-hydrogen) atoms. The number of hydrogen-bond acceptors (Lipinski definition) is 2. The Bertz CT molecular complexity index is 371. The van der Waals surface area contributed by atoms with Gasteiger partial charge in [-0.15, -0.1) is 0 Å². The first-order valence-electron chi connectivity index (χ1n) is 5.73. The van der Waals surface area contributed by atoms with Crippen LogP contribution in [0, 0.1) is 0 Å². The second-order valence-corrected chi connectivity index (χ2v) is 4.31. The predicted octanol–water partition coefficient (Wildman–Crippen LogP) is 2.77. The molecule has 0 amide bonds. The lowest BCUT2D eigenvalue weighted by atomic mass is 9.94. The van der Waals surface area contributed by atoms with Gasteiger partial charge in [-0.25, -0.2) is 4.99 Å². The molecule has 2 heteroatoms. The lowest BCUT2D eigenvalue weighted by Crippen LogP contribution is -2.26. The van der Waals surface area contributed by atoms with Crippen LogP contribution in [0.15, 0.2) is 35.3 Å². The molecule has 2 nitrogen and oxygen atoms in total. The molecule has 1 aromatic rings. The minimum atomic E-state index is 0.356. The zero-order valence-electron chi connectivity index (χ0n) is 8.73. The third kappa shape index (κ3) is 1.65. The first-order chi connectivity index (χ1) is 7.43. The molecule has 0 spiro atoms. The Balaban J connectivity index is 1.84. The Hall–Kier alpha value is -1.31. The van der Waals surface area contributed by atoms with E-state index >= 15 is 0 Å². The molecule has 1 unspecified atom stereocenters. The molecule has 1 fully saturated rings. The van der Waals surface area contributed by atoms with E-state index in [1.54, 1.807) is 0 Å². The molecule has 1 aliphatic carbocycles. The minimum absolute atomic E-state index is 0.356. The monoisotopic (exact) mass is 201 g/mol. The van der Waals surface area contributed by atoms with Crippen LogP contribution < -0.4 is 0 Å². The normalized spacial score (nSPS) is 29.2. The van der Waals surface area contributed by atoms with Crippen molar-refractivity contribution in [3.05, 3.63) is 35.9 Å². The number of ether oxygens (including phenoxy) is 1. The van der Waals surface area contributed by atoms with E-state index in [2.05, 4.69) is 17.1 Å². The van der Waals surface area contributed by atoms with Crippen LogP contribution in [0.4, 0.5) is 0 Å². The van der Waals surface area contributed by atoms with E-state index in [4.69, 9.17) is 4.74 Å². The molecule has 0 bridgehead atoms. The number of rotatable bonds is 1. The van der Waals surface area contributed by atoms with Crippen LogP contribution in [0.2, 0.25) is 0 Å². The largest absolute Gasteiger partial charge is 0.472 e. The van der Waals surface area contributed by atoms with E-state index < -0.39 is 0 Å². The summed E-state index contributed by atoms with van der Waals surface area (Å²) in [5.41, 5.74) is 1.12. The summed E-state index contributed by atoms with van der Waals surface area (Å²) in [6.45, 7) is 0. The van der Waals surface area contributed by atoms with Crippen molar-refractivity contribution in [1.82, 2.24) is 0 Å². The summed E-state index contributed by atoms with van der Waals surface area (Å²) in [5.74, 6) is 0.854. The molecule has 0 aromatic heterocycles. The van der Waals surface area contributed by atoms with Crippen LogP contribution in [0.5, 0.6) is 0 Å². The summed E-state index contributed by atoms with van der Waals surface area (Å²) in [7, 11) is 0. The van der Waals surface area contributed by atoms with Crippen molar-refractivity contribution >= 4 is 5.90 Å². The molecule has 2 atom stereocenters. The van der Waals surface area contributed by atoms with E-state index in [9.17, 15) is 0 Å². The molecule has 3 rings (SSSR count). The molecule has 0 radical (unpaired) electrons. The number of hydrogen-bond donors (Lipinski definition) is 0. The summed E-state index contributed by atoms with van der Waals surface area (Å²) in [6.07, 6.45) is 5.31. The number of aliphatic imine (C=N–C) groups is 1. The van der Waals surface area contributed by atoms with Crippen LogP contribution in [-0.4, -0.2) is 18.0 Å². The highest BCUT2D eigenvalue weighted by Gasteiger charge is 2.33. The molecule has 0 saturated heterocycles. The molecule has 0 N–H and O–H groups in total. The van der Waals surface area contributed by atoms with Crippen LogP contribution in [0.3, 0.4) is 0 Å². The highest BCUT2D eigenvalue weighted by Crippen LogP contribution is 2.29. The van der Waals surface area contributed by atoms with Crippen molar-refractivity contribution in [3.63, 3.8) is 0 Å².